The maximum Gasteiger partial charge on any atom is 0.265 e. The van der Waals surface area contributed by atoms with E-state index in [0.717, 1.165) is 22.1 Å². The highest BCUT2D eigenvalue weighted by molar-refractivity contribution is 7.92. The number of nitrogens with one attached hydrogen (secondary N) is 2. The Hall–Kier alpha value is -3.14. The Kier molecular flexibility index (Phi) is 6.08. The number of benzene rings is 2. The van der Waals surface area contributed by atoms with Crippen LogP contribution < -0.4 is 14.8 Å². The van der Waals surface area contributed by atoms with E-state index in [0.29, 0.717) is 10.7 Å². The predicted molar refractivity (Wildman–Crippen MR) is 124 cm³/mol. The molecule has 0 aliphatic carbocycles. The number of halogens is 1. The summed E-state index contributed by atoms with van der Waals surface area (Å²) in [5, 5.41) is 6.20. The molecule has 31 heavy (non-hydrogen) atoms. The van der Waals surface area contributed by atoms with Gasteiger partial charge in [0.25, 0.3) is 10.0 Å². The van der Waals surface area contributed by atoms with Crippen molar-refractivity contribution in [2.45, 2.75) is 4.90 Å². The summed E-state index contributed by atoms with van der Waals surface area (Å²) in [5.74, 6) is 0.212. The lowest BCUT2D eigenvalue weighted by molar-refractivity contribution is 0.403. The number of nitrogens with zero attached hydrogens (tertiary/aromatic N) is 2. The Morgan fingerprint density at radius 2 is 1.71 bits per heavy atom. The minimum absolute atomic E-state index is 0.0314. The first-order chi connectivity index (χ1) is 14.9. The normalized spacial score (nSPS) is 11.2. The van der Waals surface area contributed by atoms with Gasteiger partial charge in [0.15, 0.2) is 5.13 Å². The third-order valence-corrected chi connectivity index (χ3v) is 6.68. The Labute approximate surface area is 188 Å². The van der Waals surface area contributed by atoms with E-state index in [1.165, 1.54) is 30.6 Å². The summed E-state index contributed by atoms with van der Waals surface area (Å²) in [7, 11) is -2.47. The van der Waals surface area contributed by atoms with E-state index in [4.69, 9.17) is 16.3 Å². The number of anilines is 3. The van der Waals surface area contributed by atoms with Gasteiger partial charge in [0, 0.05) is 39.7 Å². The minimum Gasteiger partial charge on any atom is -0.495 e. The van der Waals surface area contributed by atoms with Crippen LogP contribution in [0, 0.1) is 0 Å². The number of thiazole rings is 1. The van der Waals surface area contributed by atoms with Crippen LogP contribution in [0.15, 0.2) is 77.3 Å². The summed E-state index contributed by atoms with van der Waals surface area (Å²) in [5.41, 5.74) is 3.03. The van der Waals surface area contributed by atoms with Gasteiger partial charge < -0.3 is 10.1 Å². The van der Waals surface area contributed by atoms with Crippen molar-refractivity contribution in [3.8, 4) is 17.0 Å². The van der Waals surface area contributed by atoms with E-state index in [2.05, 4.69) is 20.0 Å². The molecule has 0 fully saturated rings. The van der Waals surface area contributed by atoms with E-state index >= 15 is 0 Å². The van der Waals surface area contributed by atoms with Gasteiger partial charge in [-0.1, -0.05) is 11.6 Å². The molecule has 2 aromatic carbocycles. The fraction of sp³-hybridized carbons (Fsp3) is 0.0476. The van der Waals surface area contributed by atoms with Gasteiger partial charge in [-0.15, -0.1) is 11.3 Å². The van der Waals surface area contributed by atoms with Crippen LogP contribution in [0.4, 0.5) is 16.5 Å². The first kappa shape index (κ1) is 21.1. The van der Waals surface area contributed by atoms with Gasteiger partial charge in [-0.3, -0.25) is 9.71 Å². The highest BCUT2D eigenvalue weighted by Gasteiger charge is 2.20. The molecule has 158 valence electrons. The molecule has 0 bridgehead atoms. The maximum atomic E-state index is 12.8. The second kappa shape index (κ2) is 8.93. The lowest BCUT2D eigenvalue weighted by Gasteiger charge is -2.12. The first-order valence-electron chi connectivity index (χ1n) is 9.04. The maximum absolute atomic E-state index is 12.8. The number of aromatic nitrogens is 2. The molecule has 2 aromatic heterocycles. The average Bonchev–Trinajstić information content (AvgIpc) is 3.24. The molecule has 0 spiro atoms. The van der Waals surface area contributed by atoms with Crippen LogP contribution >= 0.6 is 22.9 Å². The monoisotopic (exact) mass is 472 g/mol. The molecule has 10 heteroatoms. The molecule has 0 aliphatic heterocycles. The number of hydrogen-bond donors (Lipinski definition) is 2. The second-order valence-corrected chi connectivity index (χ2v) is 9.32. The van der Waals surface area contributed by atoms with Crippen molar-refractivity contribution in [3.63, 3.8) is 0 Å². The van der Waals surface area contributed by atoms with Crippen molar-refractivity contribution in [2.24, 2.45) is 0 Å². The van der Waals surface area contributed by atoms with Gasteiger partial charge >= 0.3 is 0 Å². The number of rotatable bonds is 7. The molecule has 0 saturated heterocycles. The van der Waals surface area contributed by atoms with Crippen LogP contribution in [0.25, 0.3) is 11.3 Å². The Bertz CT molecular complexity index is 1290. The highest BCUT2D eigenvalue weighted by atomic mass is 35.5. The van der Waals surface area contributed by atoms with Crippen molar-refractivity contribution in [1.82, 2.24) is 9.97 Å². The number of hydrogen-bond acceptors (Lipinski definition) is 7. The number of sulfonamides is 1. The van der Waals surface area contributed by atoms with Gasteiger partial charge in [-0.05, 0) is 54.6 Å². The fourth-order valence-electron chi connectivity index (χ4n) is 2.80. The molecule has 0 radical (unpaired) electrons. The summed E-state index contributed by atoms with van der Waals surface area (Å²) >= 11 is 7.43. The van der Waals surface area contributed by atoms with E-state index in [1.54, 1.807) is 42.7 Å². The minimum atomic E-state index is -3.87. The third kappa shape index (κ3) is 4.96. The zero-order valence-electron chi connectivity index (χ0n) is 16.2. The topological polar surface area (TPSA) is 93.2 Å². The van der Waals surface area contributed by atoms with Crippen molar-refractivity contribution >= 4 is 49.5 Å². The van der Waals surface area contributed by atoms with E-state index in [-0.39, 0.29) is 10.6 Å². The average molecular weight is 473 g/mol. The van der Waals surface area contributed by atoms with Gasteiger partial charge in [0.2, 0.25) is 0 Å². The summed E-state index contributed by atoms with van der Waals surface area (Å²) in [6.07, 6.45) is 3.45. The van der Waals surface area contributed by atoms with Crippen LogP contribution in [-0.4, -0.2) is 25.5 Å². The molecule has 0 aliphatic rings. The Morgan fingerprint density at radius 1 is 1.00 bits per heavy atom. The third-order valence-electron chi connectivity index (χ3n) is 4.28. The van der Waals surface area contributed by atoms with E-state index in [1.807, 2.05) is 17.5 Å². The molecule has 0 unspecified atom stereocenters. The Morgan fingerprint density at radius 3 is 2.42 bits per heavy atom. The smallest absolute Gasteiger partial charge is 0.265 e. The molecule has 2 heterocycles. The lowest BCUT2D eigenvalue weighted by atomic mass is 10.2. The standard InChI is InChI=1S/C21H17ClN4O3S2/c1-29-19-7-2-15(22)12-20(19)31(27,28)26-17-5-3-16(4-6-17)24-21-25-18(13-30-21)14-8-10-23-11-9-14/h2-13,26H,1H3,(H,24,25). The van der Waals surface area contributed by atoms with Crippen molar-refractivity contribution in [3.05, 3.63) is 77.4 Å². The molecule has 2 N–H and O–H groups in total. The molecule has 0 amide bonds. The molecular formula is C21H17ClN4O3S2. The Balaban J connectivity index is 1.48. The number of ether oxygens (including phenoxy) is 1. The predicted octanol–water partition coefficient (Wildman–Crippen LogP) is 5.41. The summed E-state index contributed by atoms with van der Waals surface area (Å²) < 4.78 is 33.2. The molecule has 4 rings (SSSR count). The van der Waals surface area contributed by atoms with Crippen molar-refractivity contribution in [2.75, 3.05) is 17.1 Å². The lowest BCUT2D eigenvalue weighted by Crippen LogP contribution is -2.14. The van der Waals surface area contributed by atoms with E-state index in [9.17, 15) is 8.42 Å². The summed E-state index contributed by atoms with van der Waals surface area (Å²) in [6.45, 7) is 0. The molecule has 0 saturated carbocycles. The van der Waals surface area contributed by atoms with Crippen LogP contribution in [0.1, 0.15) is 0 Å². The zero-order valence-corrected chi connectivity index (χ0v) is 18.6. The van der Waals surface area contributed by atoms with Crippen molar-refractivity contribution < 1.29 is 13.2 Å². The van der Waals surface area contributed by atoms with Gasteiger partial charge in [-0.2, -0.15) is 0 Å². The number of methoxy groups -OCH3 is 1. The zero-order chi connectivity index (χ0) is 21.8. The van der Waals surface area contributed by atoms with Gasteiger partial charge in [0.1, 0.15) is 10.6 Å². The largest absolute Gasteiger partial charge is 0.495 e. The quantitative estimate of drug-likeness (QED) is 0.373. The van der Waals surface area contributed by atoms with Crippen LogP contribution in [0.5, 0.6) is 5.75 Å². The van der Waals surface area contributed by atoms with E-state index < -0.39 is 10.0 Å². The van der Waals surface area contributed by atoms with Gasteiger partial charge in [-0.25, -0.2) is 13.4 Å². The van der Waals surface area contributed by atoms with Gasteiger partial charge in [0.05, 0.1) is 12.8 Å². The van der Waals surface area contributed by atoms with Crippen molar-refractivity contribution in [1.29, 1.82) is 0 Å². The molecule has 4 aromatic rings. The van der Waals surface area contributed by atoms with Crippen LogP contribution in [0.2, 0.25) is 5.02 Å². The van der Waals surface area contributed by atoms with Crippen LogP contribution in [0.3, 0.4) is 0 Å². The second-order valence-electron chi connectivity index (χ2n) is 6.38. The summed E-state index contributed by atoms with van der Waals surface area (Å²) in [6, 6.07) is 15.1. The SMILES string of the molecule is COc1ccc(Cl)cc1S(=O)(=O)Nc1ccc(Nc2nc(-c3ccncc3)cs2)cc1. The highest BCUT2D eigenvalue weighted by Crippen LogP contribution is 2.30. The fourth-order valence-corrected chi connectivity index (χ4v) is 5.03. The molecular weight excluding hydrogens is 456 g/mol. The molecule has 7 nitrogen and oxygen atoms in total. The number of pyridine rings is 1. The summed E-state index contributed by atoms with van der Waals surface area (Å²) in [4.78, 5) is 8.54. The van der Waals surface area contributed by atoms with Crippen LogP contribution in [-0.2, 0) is 10.0 Å². The molecule has 0 atom stereocenters. The first-order valence-corrected chi connectivity index (χ1v) is 11.8.